The Labute approximate surface area is 97.3 Å². The standard InChI is InChI=1S/C10H15N5O2/c1-13(2)5-6-11-8-7(14(6)3)9(16)12-10(17)15(8)4/h5H2,1-4H3,(H,12,16,17). The third-order valence-corrected chi connectivity index (χ3v) is 2.68. The van der Waals surface area contributed by atoms with Gasteiger partial charge in [-0.25, -0.2) is 9.78 Å². The van der Waals surface area contributed by atoms with Crippen LogP contribution in [0.4, 0.5) is 0 Å². The van der Waals surface area contributed by atoms with E-state index in [1.807, 2.05) is 19.0 Å². The number of fused-ring (bicyclic) bond motifs is 1. The van der Waals surface area contributed by atoms with Crippen LogP contribution < -0.4 is 11.2 Å². The highest BCUT2D eigenvalue weighted by Crippen LogP contribution is 2.09. The molecule has 0 saturated heterocycles. The van der Waals surface area contributed by atoms with E-state index in [-0.39, 0.29) is 0 Å². The van der Waals surface area contributed by atoms with Gasteiger partial charge >= 0.3 is 5.69 Å². The van der Waals surface area contributed by atoms with Crippen LogP contribution >= 0.6 is 0 Å². The van der Waals surface area contributed by atoms with Crippen molar-refractivity contribution in [2.45, 2.75) is 6.54 Å². The molecule has 2 aromatic heterocycles. The fraction of sp³-hybridized carbons (Fsp3) is 0.500. The van der Waals surface area contributed by atoms with Crippen LogP contribution in [0.15, 0.2) is 9.59 Å². The second kappa shape index (κ2) is 3.85. The van der Waals surface area contributed by atoms with Gasteiger partial charge in [0.1, 0.15) is 5.82 Å². The first-order chi connectivity index (χ1) is 7.91. The van der Waals surface area contributed by atoms with E-state index in [9.17, 15) is 9.59 Å². The van der Waals surface area contributed by atoms with Crippen LogP contribution in [-0.2, 0) is 20.6 Å². The van der Waals surface area contributed by atoms with E-state index in [1.165, 1.54) is 4.57 Å². The largest absolute Gasteiger partial charge is 0.329 e. The molecule has 0 saturated carbocycles. The number of nitrogens with one attached hydrogen (secondary N) is 1. The molecule has 2 aromatic rings. The van der Waals surface area contributed by atoms with Crippen molar-refractivity contribution < 1.29 is 0 Å². The molecule has 0 unspecified atom stereocenters. The first kappa shape index (κ1) is 11.6. The Bertz CT molecular complexity index is 676. The summed E-state index contributed by atoms with van der Waals surface area (Å²) < 4.78 is 3.06. The van der Waals surface area contributed by atoms with Crippen molar-refractivity contribution in [2.24, 2.45) is 14.1 Å². The number of imidazole rings is 1. The number of hydrogen-bond donors (Lipinski definition) is 1. The molecule has 2 heterocycles. The molecule has 0 fully saturated rings. The van der Waals surface area contributed by atoms with Gasteiger partial charge in [-0.1, -0.05) is 0 Å². The van der Waals surface area contributed by atoms with Crippen LogP contribution in [-0.4, -0.2) is 38.1 Å². The Morgan fingerprint density at radius 1 is 1.24 bits per heavy atom. The SMILES string of the molecule is CN(C)Cc1nc2c(c(=O)[nH]c(=O)n2C)n1C. The van der Waals surface area contributed by atoms with E-state index in [0.717, 1.165) is 5.82 Å². The quantitative estimate of drug-likeness (QED) is 0.728. The molecule has 17 heavy (non-hydrogen) atoms. The van der Waals surface area contributed by atoms with Gasteiger partial charge in [-0.05, 0) is 14.1 Å². The Morgan fingerprint density at radius 2 is 1.88 bits per heavy atom. The van der Waals surface area contributed by atoms with Crippen LogP contribution in [0.1, 0.15) is 5.82 Å². The maximum atomic E-state index is 11.7. The molecule has 0 aliphatic carbocycles. The number of aromatic nitrogens is 4. The zero-order valence-electron chi connectivity index (χ0n) is 10.3. The maximum Gasteiger partial charge on any atom is 0.329 e. The molecule has 2 rings (SSSR count). The van der Waals surface area contributed by atoms with E-state index in [4.69, 9.17) is 0 Å². The summed E-state index contributed by atoms with van der Waals surface area (Å²) in [6, 6.07) is 0. The van der Waals surface area contributed by atoms with Gasteiger partial charge in [0.2, 0.25) is 0 Å². The van der Waals surface area contributed by atoms with Crippen molar-refractivity contribution in [1.29, 1.82) is 0 Å². The first-order valence-corrected chi connectivity index (χ1v) is 5.21. The van der Waals surface area contributed by atoms with Crippen LogP contribution in [0.3, 0.4) is 0 Å². The third kappa shape index (κ3) is 1.78. The van der Waals surface area contributed by atoms with Gasteiger partial charge < -0.3 is 9.47 Å². The summed E-state index contributed by atoms with van der Waals surface area (Å²) >= 11 is 0. The summed E-state index contributed by atoms with van der Waals surface area (Å²) in [4.78, 5) is 31.7. The topological polar surface area (TPSA) is 75.9 Å². The van der Waals surface area contributed by atoms with Crippen molar-refractivity contribution in [3.05, 3.63) is 26.7 Å². The van der Waals surface area contributed by atoms with Gasteiger partial charge in [-0.15, -0.1) is 0 Å². The highest BCUT2D eigenvalue weighted by Gasteiger charge is 2.14. The molecule has 7 nitrogen and oxygen atoms in total. The van der Waals surface area contributed by atoms with E-state index in [1.54, 1.807) is 18.7 Å². The van der Waals surface area contributed by atoms with Gasteiger partial charge in [-0.3, -0.25) is 14.3 Å². The fourth-order valence-corrected chi connectivity index (χ4v) is 1.78. The van der Waals surface area contributed by atoms with E-state index in [2.05, 4.69) is 9.97 Å². The van der Waals surface area contributed by atoms with Gasteiger partial charge in [-0.2, -0.15) is 0 Å². The minimum Gasteiger partial charge on any atom is -0.324 e. The Kier molecular flexibility index (Phi) is 2.62. The van der Waals surface area contributed by atoms with Gasteiger partial charge in [0.05, 0.1) is 6.54 Å². The zero-order valence-corrected chi connectivity index (χ0v) is 10.3. The predicted octanol–water partition coefficient (Wildman–Crippen LogP) is -0.978. The maximum absolute atomic E-state index is 11.7. The second-order valence-corrected chi connectivity index (χ2v) is 4.32. The number of hydrogen-bond acceptors (Lipinski definition) is 4. The molecule has 92 valence electrons. The molecule has 0 radical (unpaired) electrons. The Morgan fingerprint density at radius 3 is 2.47 bits per heavy atom. The lowest BCUT2D eigenvalue weighted by Gasteiger charge is -2.08. The smallest absolute Gasteiger partial charge is 0.324 e. The lowest BCUT2D eigenvalue weighted by molar-refractivity contribution is 0.385. The van der Waals surface area contributed by atoms with Crippen molar-refractivity contribution >= 4 is 11.2 Å². The lowest BCUT2D eigenvalue weighted by Crippen LogP contribution is -2.29. The summed E-state index contributed by atoms with van der Waals surface area (Å²) in [6.45, 7) is 0.610. The number of H-pyrrole nitrogens is 1. The molecule has 7 heteroatoms. The summed E-state index contributed by atoms with van der Waals surface area (Å²) in [5.41, 5.74) is -0.0119. The third-order valence-electron chi connectivity index (χ3n) is 2.68. The van der Waals surface area contributed by atoms with Crippen LogP contribution in [0.25, 0.3) is 11.2 Å². The minimum atomic E-state index is -0.447. The van der Waals surface area contributed by atoms with Crippen LogP contribution in [0.5, 0.6) is 0 Å². The number of rotatable bonds is 2. The molecular formula is C10H15N5O2. The van der Waals surface area contributed by atoms with Gasteiger partial charge in [0.15, 0.2) is 11.2 Å². The second-order valence-electron chi connectivity index (χ2n) is 4.32. The number of nitrogens with zero attached hydrogens (tertiary/aromatic N) is 4. The van der Waals surface area contributed by atoms with Gasteiger partial charge in [0, 0.05) is 14.1 Å². The average Bonchev–Trinajstić information content (AvgIpc) is 2.53. The first-order valence-electron chi connectivity index (χ1n) is 5.21. The molecule has 0 atom stereocenters. The minimum absolute atomic E-state index is 0.400. The van der Waals surface area contributed by atoms with E-state index in [0.29, 0.717) is 17.7 Å². The van der Waals surface area contributed by atoms with Crippen molar-refractivity contribution in [2.75, 3.05) is 14.1 Å². The average molecular weight is 237 g/mol. The molecule has 0 aliphatic rings. The molecular weight excluding hydrogens is 222 g/mol. The van der Waals surface area contributed by atoms with Crippen molar-refractivity contribution in [1.82, 2.24) is 24.0 Å². The molecule has 0 amide bonds. The normalized spacial score (nSPS) is 11.6. The summed E-state index contributed by atoms with van der Waals surface area (Å²) in [5, 5.41) is 0. The Balaban J connectivity index is 2.82. The molecule has 0 aromatic carbocycles. The summed E-state index contributed by atoms with van der Waals surface area (Å²) in [5.74, 6) is 0.747. The van der Waals surface area contributed by atoms with Crippen LogP contribution in [0, 0.1) is 0 Å². The Hall–Kier alpha value is -1.89. The van der Waals surface area contributed by atoms with Crippen molar-refractivity contribution in [3.8, 4) is 0 Å². The summed E-state index contributed by atoms with van der Waals surface area (Å²) in [6.07, 6.45) is 0. The lowest BCUT2D eigenvalue weighted by atomic mass is 10.5. The van der Waals surface area contributed by atoms with Gasteiger partial charge in [0.25, 0.3) is 5.56 Å². The summed E-state index contributed by atoms with van der Waals surface area (Å²) in [7, 11) is 7.20. The highest BCUT2D eigenvalue weighted by atomic mass is 16.2. The monoisotopic (exact) mass is 237 g/mol. The number of aromatic amines is 1. The predicted molar refractivity (Wildman–Crippen MR) is 64.0 cm³/mol. The fourth-order valence-electron chi connectivity index (χ4n) is 1.78. The number of aryl methyl sites for hydroxylation is 2. The molecule has 0 aliphatic heterocycles. The van der Waals surface area contributed by atoms with Crippen LogP contribution in [0.2, 0.25) is 0 Å². The highest BCUT2D eigenvalue weighted by molar-refractivity contribution is 5.70. The molecule has 1 N–H and O–H groups in total. The molecule has 0 bridgehead atoms. The molecule has 0 spiro atoms. The van der Waals surface area contributed by atoms with E-state index >= 15 is 0 Å². The van der Waals surface area contributed by atoms with Crippen molar-refractivity contribution in [3.63, 3.8) is 0 Å². The van der Waals surface area contributed by atoms with E-state index < -0.39 is 11.2 Å². The zero-order chi connectivity index (χ0) is 12.7.